The molecule has 0 spiro atoms. The third kappa shape index (κ3) is 3.24. The average Bonchev–Trinajstić information content (AvgIpc) is 3.07. The van der Waals surface area contributed by atoms with E-state index in [9.17, 15) is 0 Å². The fraction of sp³-hybridized carbons (Fsp3) is 0.0455. The Hall–Kier alpha value is -2.60. The van der Waals surface area contributed by atoms with E-state index >= 15 is 0 Å². The normalized spacial score (nSPS) is 11.3. The number of H-pyrrole nitrogens is 1. The molecular formula is C22H17IN2O. The van der Waals surface area contributed by atoms with Gasteiger partial charge in [0.25, 0.3) is 0 Å². The molecule has 0 unspecified atom stereocenters. The van der Waals surface area contributed by atoms with E-state index < -0.39 is 0 Å². The van der Waals surface area contributed by atoms with E-state index in [-0.39, 0.29) is 0 Å². The first kappa shape index (κ1) is 16.8. The second-order valence-electron chi connectivity index (χ2n) is 5.90. The minimum absolute atomic E-state index is 0.827. The Balaban J connectivity index is 1.89. The van der Waals surface area contributed by atoms with Crippen LogP contribution in [-0.4, -0.2) is 18.3 Å². The molecule has 3 aromatic carbocycles. The third-order valence-corrected chi connectivity index (χ3v) is 5.01. The summed E-state index contributed by atoms with van der Waals surface area (Å²) < 4.78 is 6.73. The summed E-state index contributed by atoms with van der Waals surface area (Å²) in [7, 11) is 1.69. The number of ether oxygens (including phenoxy) is 1. The van der Waals surface area contributed by atoms with E-state index in [1.807, 2.05) is 48.7 Å². The lowest BCUT2D eigenvalue weighted by atomic mass is 10.1. The van der Waals surface area contributed by atoms with Crippen molar-refractivity contribution < 1.29 is 4.74 Å². The number of aromatic amines is 1. The number of hydrogen-bond acceptors (Lipinski definition) is 2. The van der Waals surface area contributed by atoms with E-state index in [0.717, 1.165) is 39.2 Å². The Labute approximate surface area is 165 Å². The van der Waals surface area contributed by atoms with Crippen LogP contribution in [0.15, 0.2) is 77.8 Å². The van der Waals surface area contributed by atoms with Gasteiger partial charge in [-0.1, -0.05) is 42.5 Å². The second-order valence-corrected chi connectivity index (χ2v) is 7.14. The number of nitrogens with zero attached hydrogens (tertiary/aromatic N) is 1. The number of nitrogens with one attached hydrogen (secondary N) is 1. The number of methoxy groups -OCH3 is 1. The van der Waals surface area contributed by atoms with Crippen molar-refractivity contribution in [3.8, 4) is 17.0 Å². The summed E-state index contributed by atoms with van der Waals surface area (Å²) in [6.07, 6.45) is 1.93. The molecule has 0 atom stereocenters. The lowest BCUT2D eigenvalue weighted by Crippen LogP contribution is -1.85. The van der Waals surface area contributed by atoms with E-state index in [1.54, 1.807) is 7.11 Å². The van der Waals surface area contributed by atoms with Gasteiger partial charge in [0.15, 0.2) is 0 Å². The van der Waals surface area contributed by atoms with E-state index in [4.69, 9.17) is 9.73 Å². The maximum atomic E-state index is 5.53. The number of fused-ring (bicyclic) bond motifs is 1. The van der Waals surface area contributed by atoms with Crippen LogP contribution in [-0.2, 0) is 0 Å². The van der Waals surface area contributed by atoms with Crippen LogP contribution in [0, 0.1) is 3.57 Å². The smallest absolute Gasteiger partial charge is 0.142 e. The van der Waals surface area contributed by atoms with Crippen LogP contribution >= 0.6 is 22.6 Å². The Morgan fingerprint density at radius 3 is 2.42 bits per heavy atom. The number of rotatable bonds is 4. The molecular weight excluding hydrogens is 435 g/mol. The van der Waals surface area contributed by atoms with Crippen molar-refractivity contribution in [3.05, 3.63) is 81.9 Å². The monoisotopic (exact) mass is 452 g/mol. The van der Waals surface area contributed by atoms with Gasteiger partial charge in [0.1, 0.15) is 5.75 Å². The Morgan fingerprint density at radius 2 is 1.69 bits per heavy atom. The van der Waals surface area contributed by atoms with Gasteiger partial charge in [0.05, 0.1) is 24.0 Å². The van der Waals surface area contributed by atoms with Gasteiger partial charge in [-0.25, -0.2) is 0 Å². The molecule has 1 aromatic heterocycles. The Kier molecular flexibility index (Phi) is 4.75. The van der Waals surface area contributed by atoms with Crippen LogP contribution < -0.4 is 4.74 Å². The number of aliphatic imine (C=N–C) groups is 1. The molecule has 0 aliphatic heterocycles. The largest absolute Gasteiger partial charge is 0.495 e. The maximum Gasteiger partial charge on any atom is 0.142 e. The SMILES string of the molecule is COc1cccc2c(C=Nc3ccc(I)cc3)c(-c3ccccc3)[nH]c12. The van der Waals surface area contributed by atoms with Gasteiger partial charge >= 0.3 is 0 Å². The van der Waals surface area contributed by atoms with Gasteiger partial charge in [-0.3, -0.25) is 4.99 Å². The van der Waals surface area contributed by atoms with Crippen molar-refractivity contribution in [2.45, 2.75) is 0 Å². The van der Waals surface area contributed by atoms with Crippen molar-refractivity contribution in [1.29, 1.82) is 0 Å². The molecule has 0 aliphatic carbocycles. The molecule has 0 fully saturated rings. The van der Waals surface area contributed by atoms with Crippen molar-refractivity contribution in [3.63, 3.8) is 0 Å². The summed E-state index contributed by atoms with van der Waals surface area (Å²) >= 11 is 2.30. The number of para-hydroxylation sites is 1. The van der Waals surface area contributed by atoms with Crippen LogP contribution in [0.5, 0.6) is 5.75 Å². The van der Waals surface area contributed by atoms with E-state index in [0.29, 0.717) is 0 Å². The lowest BCUT2D eigenvalue weighted by molar-refractivity contribution is 0.419. The van der Waals surface area contributed by atoms with Crippen LogP contribution in [0.1, 0.15) is 5.56 Å². The molecule has 1 heterocycles. The Bertz CT molecular complexity index is 1070. The first-order chi connectivity index (χ1) is 12.8. The first-order valence-corrected chi connectivity index (χ1v) is 9.38. The molecule has 0 bridgehead atoms. The van der Waals surface area contributed by atoms with Gasteiger partial charge in [-0.2, -0.15) is 0 Å². The predicted octanol–water partition coefficient (Wildman–Crippen LogP) is 6.20. The standard InChI is InChI=1S/C22H17IN2O/c1-26-20-9-5-8-18-19(14-24-17-12-10-16(23)11-13-17)21(25-22(18)20)15-6-3-2-4-7-15/h2-14,25H,1H3. The number of benzene rings is 3. The minimum atomic E-state index is 0.827. The highest BCUT2D eigenvalue weighted by Gasteiger charge is 2.14. The summed E-state index contributed by atoms with van der Waals surface area (Å²) in [6, 6.07) is 24.5. The highest BCUT2D eigenvalue weighted by atomic mass is 127. The average molecular weight is 452 g/mol. The molecule has 0 radical (unpaired) electrons. The molecule has 4 rings (SSSR count). The Morgan fingerprint density at radius 1 is 0.923 bits per heavy atom. The molecule has 0 amide bonds. The fourth-order valence-electron chi connectivity index (χ4n) is 3.01. The van der Waals surface area contributed by atoms with Crippen LogP contribution in [0.25, 0.3) is 22.2 Å². The van der Waals surface area contributed by atoms with Crippen LogP contribution in [0.2, 0.25) is 0 Å². The first-order valence-electron chi connectivity index (χ1n) is 8.30. The van der Waals surface area contributed by atoms with Crippen molar-refractivity contribution in [1.82, 2.24) is 4.98 Å². The molecule has 4 aromatic rings. The highest BCUT2D eigenvalue weighted by Crippen LogP contribution is 2.34. The maximum absolute atomic E-state index is 5.53. The van der Waals surface area contributed by atoms with Crippen LogP contribution in [0.3, 0.4) is 0 Å². The topological polar surface area (TPSA) is 37.4 Å². The molecule has 4 heteroatoms. The molecule has 0 saturated heterocycles. The molecule has 0 aliphatic rings. The number of halogens is 1. The zero-order chi connectivity index (χ0) is 17.9. The molecule has 128 valence electrons. The summed E-state index contributed by atoms with van der Waals surface area (Å²) in [5.74, 6) is 0.827. The third-order valence-electron chi connectivity index (χ3n) is 4.29. The fourth-order valence-corrected chi connectivity index (χ4v) is 3.37. The quantitative estimate of drug-likeness (QED) is 0.291. The van der Waals surface area contributed by atoms with Gasteiger partial charge in [0, 0.05) is 20.7 Å². The highest BCUT2D eigenvalue weighted by molar-refractivity contribution is 14.1. The second kappa shape index (κ2) is 7.33. The lowest BCUT2D eigenvalue weighted by Gasteiger charge is -2.01. The van der Waals surface area contributed by atoms with Crippen molar-refractivity contribution in [2.24, 2.45) is 4.99 Å². The minimum Gasteiger partial charge on any atom is -0.495 e. The number of aromatic nitrogens is 1. The summed E-state index contributed by atoms with van der Waals surface area (Å²) in [4.78, 5) is 8.22. The van der Waals surface area contributed by atoms with E-state index in [1.165, 1.54) is 3.57 Å². The van der Waals surface area contributed by atoms with Gasteiger partial charge < -0.3 is 9.72 Å². The zero-order valence-corrected chi connectivity index (χ0v) is 16.4. The van der Waals surface area contributed by atoms with Gasteiger partial charge in [0.2, 0.25) is 0 Å². The van der Waals surface area contributed by atoms with Crippen molar-refractivity contribution in [2.75, 3.05) is 7.11 Å². The number of hydrogen-bond donors (Lipinski definition) is 1. The molecule has 3 nitrogen and oxygen atoms in total. The zero-order valence-electron chi connectivity index (χ0n) is 14.2. The van der Waals surface area contributed by atoms with Crippen LogP contribution in [0.4, 0.5) is 5.69 Å². The van der Waals surface area contributed by atoms with Crippen molar-refractivity contribution >= 4 is 45.4 Å². The summed E-state index contributed by atoms with van der Waals surface area (Å²) in [5, 5.41) is 1.09. The molecule has 26 heavy (non-hydrogen) atoms. The van der Waals surface area contributed by atoms with Gasteiger partial charge in [-0.05, 0) is 58.5 Å². The predicted molar refractivity (Wildman–Crippen MR) is 117 cm³/mol. The summed E-state index contributed by atoms with van der Waals surface area (Å²) in [5.41, 5.74) is 5.14. The van der Waals surface area contributed by atoms with Gasteiger partial charge in [-0.15, -0.1) is 0 Å². The van der Waals surface area contributed by atoms with E-state index in [2.05, 4.69) is 57.9 Å². The molecule has 0 saturated carbocycles. The summed E-state index contributed by atoms with van der Waals surface area (Å²) in [6.45, 7) is 0. The molecule has 1 N–H and O–H groups in total.